The highest BCUT2D eigenvalue weighted by Crippen LogP contribution is 2.20. The zero-order chi connectivity index (χ0) is 17.0. The lowest BCUT2D eigenvalue weighted by molar-refractivity contribution is -0.121. The zero-order valence-corrected chi connectivity index (χ0v) is 13.2. The summed E-state index contributed by atoms with van der Waals surface area (Å²) >= 11 is 0. The van der Waals surface area contributed by atoms with E-state index in [2.05, 4.69) is 10.6 Å². The molecule has 126 valence electrons. The number of urea groups is 1. The van der Waals surface area contributed by atoms with Gasteiger partial charge in [0, 0.05) is 36.8 Å². The number of nitrogens with one attached hydrogen (secondary N) is 2. The molecule has 2 rings (SSSR count). The van der Waals surface area contributed by atoms with Gasteiger partial charge in [0.15, 0.2) is 11.6 Å². The summed E-state index contributed by atoms with van der Waals surface area (Å²) in [5.74, 6) is -2.43. The third kappa shape index (κ3) is 4.64. The summed E-state index contributed by atoms with van der Waals surface area (Å²) < 4.78 is 26.0. The minimum absolute atomic E-state index is 0.0666. The van der Waals surface area contributed by atoms with Crippen LogP contribution in [0.5, 0.6) is 0 Å². The van der Waals surface area contributed by atoms with Crippen LogP contribution in [0.3, 0.4) is 0 Å². The van der Waals surface area contributed by atoms with Crippen molar-refractivity contribution < 1.29 is 18.4 Å². The van der Waals surface area contributed by atoms with Crippen LogP contribution < -0.4 is 10.6 Å². The standard InChI is InChI=1S/C16H21F2N3O2/c1-10(2)19-16(23)21-7-5-11(6-8-21)15(22)20-12-3-4-13(17)14(18)9-12/h3-4,9-11H,5-8H2,1-2H3,(H,19,23)(H,20,22). The first-order valence-electron chi connectivity index (χ1n) is 7.68. The van der Waals surface area contributed by atoms with Crippen LogP contribution in [0.2, 0.25) is 0 Å². The van der Waals surface area contributed by atoms with E-state index in [-0.39, 0.29) is 29.6 Å². The van der Waals surface area contributed by atoms with Crippen molar-refractivity contribution in [3.63, 3.8) is 0 Å². The molecule has 2 N–H and O–H groups in total. The third-order valence-electron chi connectivity index (χ3n) is 3.75. The molecule has 0 atom stereocenters. The topological polar surface area (TPSA) is 61.4 Å². The van der Waals surface area contributed by atoms with E-state index in [1.54, 1.807) is 4.90 Å². The number of anilines is 1. The zero-order valence-electron chi connectivity index (χ0n) is 13.2. The normalized spacial score (nSPS) is 15.6. The van der Waals surface area contributed by atoms with Gasteiger partial charge in [0.05, 0.1) is 0 Å². The Labute approximate surface area is 134 Å². The number of nitrogens with zero attached hydrogens (tertiary/aromatic N) is 1. The first-order valence-corrected chi connectivity index (χ1v) is 7.68. The Morgan fingerprint density at radius 1 is 1.17 bits per heavy atom. The van der Waals surface area contributed by atoms with E-state index in [4.69, 9.17) is 0 Å². The number of piperidine rings is 1. The van der Waals surface area contributed by atoms with Gasteiger partial charge >= 0.3 is 6.03 Å². The highest BCUT2D eigenvalue weighted by Gasteiger charge is 2.27. The summed E-state index contributed by atoms with van der Waals surface area (Å²) in [6, 6.07) is 3.19. The molecule has 0 unspecified atom stereocenters. The Morgan fingerprint density at radius 2 is 1.83 bits per heavy atom. The van der Waals surface area contributed by atoms with Crippen LogP contribution in [0.25, 0.3) is 0 Å². The Bertz CT molecular complexity index is 585. The van der Waals surface area contributed by atoms with E-state index in [0.717, 1.165) is 12.1 Å². The molecule has 1 saturated heterocycles. The van der Waals surface area contributed by atoms with Gasteiger partial charge in [0.25, 0.3) is 0 Å². The molecule has 23 heavy (non-hydrogen) atoms. The summed E-state index contributed by atoms with van der Waals surface area (Å²) in [6.45, 7) is 4.77. The van der Waals surface area contributed by atoms with Crippen molar-refractivity contribution >= 4 is 17.6 Å². The molecule has 7 heteroatoms. The Kier molecular flexibility index (Phi) is 5.52. The van der Waals surface area contributed by atoms with E-state index >= 15 is 0 Å². The number of benzene rings is 1. The predicted octanol–water partition coefficient (Wildman–Crippen LogP) is 2.73. The SMILES string of the molecule is CC(C)NC(=O)N1CCC(C(=O)Nc2ccc(F)c(F)c2)CC1. The van der Waals surface area contributed by atoms with Gasteiger partial charge in [-0.1, -0.05) is 0 Å². The van der Waals surface area contributed by atoms with E-state index in [1.807, 2.05) is 13.8 Å². The summed E-state index contributed by atoms with van der Waals surface area (Å²) in [4.78, 5) is 25.7. The molecule has 1 aromatic carbocycles. The van der Waals surface area contributed by atoms with E-state index in [0.29, 0.717) is 25.9 Å². The molecule has 0 spiro atoms. The Hall–Kier alpha value is -2.18. The van der Waals surface area contributed by atoms with E-state index in [1.165, 1.54) is 6.07 Å². The second-order valence-corrected chi connectivity index (χ2v) is 5.98. The summed E-state index contributed by atoms with van der Waals surface area (Å²) in [7, 11) is 0. The van der Waals surface area contributed by atoms with Crippen LogP contribution in [0.4, 0.5) is 19.3 Å². The first-order chi connectivity index (χ1) is 10.9. The fourth-order valence-corrected chi connectivity index (χ4v) is 2.50. The highest BCUT2D eigenvalue weighted by molar-refractivity contribution is 5.92. The van der Waals surface area contributed by atoms with Crippen LogP contribution in [-0.4, -0.2) is 36.0 Å². The average molecular weight is 325 g/mol. The molecule has 0 saturated carbocycles. The maximum absolute atomic E-state index is 13.1. The first kappa shape index (κ1) is 17.2. The van der Waals surface area contributed by atoms with Crippen LogP contribution in [0, 0.1) is 17.6 Å². The number of hydrogen-bond donors (Lipinski definition) is 2. The largest absolute Gasteiger partial charge is 0.336 e. The fourth-order valence-electron chi connectivity index (χ4n) is 2.50. The van der Waals surface area contributed by atoms with Crippen molar-refractivity contribution in [2.75, 3.05) is 18.4 Å². The van der Waals surface area contributed by atoms with E-state index in [9.17, 15) is 18.4 Å². The van der Waals surface area contributed by atoms with Crippen molar-refractivity contribution in [3.8, 4) is 0 Å². The van der Waals surface area contributed by atoms with Gasteiger partial charge in [-0.3, -0.25) is 4.79 Å². The molecule has 1 aliphatic rings. The molecule has 0 aromatic heterocycles. The molecule has 0 bridgehead atoms. The Morgan fingerprint density at radius 3 is 2.39 bits per heavy atom. The lowest BCUT2D eigenvalue weighted by Crippen LogP contribution is -2.47. The van der Waals surface area contributed by atoms with Gasteiger partial charge in [-0.05, 0) is 38.8 Å². The minimum Gasteiger partial charge on any atom is -0.336 e. The monoisotopic (exact) mass is 325 g/mol. The van der Waals surface area contributed by atoms with Crippen molar-refractivity contribution in [2.45, 2.75) is 32.7 Å². The molecule has 1 fully saturated rings. The summed E-state index contributed by atoms with van der Waals surface area (Å²) in [6.07, 6.45) is 1.09. The van der Waals surface area contributed by atoms with Crippen molar-refractivity contribution in [1.82, 2.24) is 10.2 Å². The van der Waals surface area contributed by atoms with Gasteiger partial charge in [-0.2, -0.15) is 0 Å². The minimum atomic E-state index is -0.997. The van der Waals surface area contributed by atoms with Crippen LogP contribution >= 0.6 is 0 Å². The lowest BCUT2D eigenvalue weighted by atomic mass is 9.96. The van der Waals surface area contributed by atoms with E-state index < -0.39 is 11.6 Å². The number of halogens is 2. The molecule has 1 aliphatic heterocycles. The number of carbonyl (C=O) groups excluding carboxylic acids is 2. The highest BCUT2D eigenvalue weighted by atomic mass is 19.2. The average Bonchev–Trinajstić information content (AvgIpc) is 2.50. The van der Waals surface area contributed by atoms with Crippen LogP contribution in [-0.2, 0) is 4.79 Å². The number of rotatable bonds is 3. The number of amides is 3. The van der Waals surface area contributed by atoms with Gasteiger partial charge < -0.3 is 15.5 Å². The molecule has 5 nitrogen and oxygen atoms in total. The Balaban J connectivity index is 1.86. The fraction of sp³-hybridized carbons (Fsp3) is 0.500. The third-order valence-corrected chi connectivity index (χ3v) is 3.75. The summed E-state index contributed by atoms with van der Waals surface area (Å²) in [5.41, 5.74) is 0.230. The molecular weight excluding hydrogens is 304 g/mol. The van der Waals surface area contributed by atoms with Crippen molar-refractivity contribution in [3.05, 3.63) is 29.8 Å². The van der Waals surface area contributed by atoms with Crippen molar-refractivity contribution in [2.24, 2.45) is 5.92 Å². The quantitative estimate of drug-likeness (QED) is 0.898. The lowest BCUT2D eigenvalue weighted by Gasteiger charge is -2.31. The smallest absolute Gasteiger partial charge is 0.317 e. The van der Waals surface area contributed by atoms with Gasteiger partial charge in [-0.15, -0.1) is 0 Å². The van der Waals surface area contributed by atoms with Crippen LogP contribution in [0.15, 0.2) is 18.2 Å². The second-order valence-electron chi connectivity index (χ2n) is 5.98. The maximum atomic E-state index is 13.1. The molecule has 3 amide bonds. The predicted molar refractivity (Wildman–Crippen MR) is 83.0 cm³/mol. The summed E-state index contributed by atoms with van der Waals surface area (Å²) in [5, 5.41) is 5.41. The van der Waals surface area contributed by atoms with Gasteiger partial charge in [-0.25, -0.2) is 13.6 Å². The second kappa shape index (κ2) is 7.39. The number of likely N-dealkylation sites (tertiary alicyclic amines) is 1. The maximum Gasteiger partial charge on any atom is 0.317 e. The molecule has 0 aliphatic carbocycles. The van der Waals surface area contributed by atoms with Gasteiger partial charge in [0.1, 0.15) is 0 Å². The van der Waals surface area contributed by atoms with Gasteiger partial charge in [0.2, 0.25) is 5.91 Å². The molecule has 0 radical (unpaired) electrons. The molecule has 1 heterocycles. The number of hydrogen-bond acceptors (Lipinski definition) is 2. The molecule has 1 aromatic rings. The van der Waals surface area contributed by atoms with Crippen LogP contribution in [0.1, 0.15) is 26.7 Å². The molecular formula is C16H21F2N3O2. The van der Waals surface area contributed by atoms with Crippen molar-refractivity contribution in [1.29, 1.82) is 0 Å². The number of carbonyl (C=O) groups is 2.